The van der Waals surface area contributed by atoms with Gasteiger partial charge in [-0.05, 0) is 44.1 Å². The van der Waals surface area contributed by atoms with E-state index in [1.165, 1.54) is 6.42 Å². The zero-order valence-electron chi connectivity index (χ0n) is 9.89. The SMILES string of the molecule is COCC1CCCN(C(C(=O)O)C2CC2)C1. The smallest absolute Gasteiger partial charge is 0.321 e. The second-order valence-corrected chi connectivity index (χ2v) is 5.08. The Morgan fingerprint density at radius 3 is 2.81 bits per heavy atom. The molecule has 0 spiro atoms. The average molecular weight is 227 g/mol. The molecular weight excluding hydrogens is 206 g/mol. The van der Waals surface area contributed by atoms with Crippen LogP contribution in [-0.2, 0) is 9.53 Å². The van der Waals surface area contributed by atoms with Crippen molar-refractivity contribution in [2.45, 2.75) is 31.7 Å². The van der Waals surface area contributed by atoms with E-state index < -0.39 is 5.97 Å². The van der Waals surface area contributed by atoms with E-state index in [-0.39, 0.29) is 6.04 Å². The van der Waals surface area contributed by atoms with Gasteiger partial charge in [-0.2, -0.15) is 0 Å². The number of hydrogen-bond acceptors (Lipinski definition) is 3. The van der Waals surface area contributed by atoms with Gasteiger partial charge in [0.25, 0.3) is 0 Å². The third-order valence-electron chi connectivity index (χ3n) is 3.67. The number of hydrogen-bond donors (Lipinski definition) is 1. The maximum Gasteiger partial charge on any atom is 0.321 e. The molecular formula is C12H21NO3. The minimum atomic E-state index is -0.638. The lowest BCUT2D eigenvalue weighted by Gasteiger charge is -2.36. The van der Waals surface area contributed by atoms with Crippen molar-refractivity contribution in [2.75, 3.05) is 26.8 Å². The normalized spacial score (nSPS) is 28.9. The first-order valence-corrected chi connectivity index (χ1v) is 6.18. The maximum atomic E-state index is 11.3. The van der Waals surface area contributed by atoms with E-state index in [4.69, 9.17) is 4.74 Å². The van der Waals surface area contributed by atoms with E-state index >= 15 is 0 Å². The maximum absolute atomic E-state index is 11.3. The molecule has 0 bridgehead atoms. The van der Waals surface area contributed by atoms with Gasteiger partial charge in [0.05, 0.1) is 6.61 Å². The van der Waals surface area contributed by atoms with Gasteiger partial charge in [0, 0.05) is 13.7 Å². The van der Waals surface area contributed by atoms with Crippen molar-refractivity contribution < 1.29 is 14.6 Å². The number of carbonyl (C=O) groups is 1. The van der Waals surface area contributed by atoms with Gasteiger partial charge in [-0.1, -0.05) is 0 Å². The van der Waals surface area contributed by atoms with E-state index in [1.54, 1.807) is 7.11 Å². The summed E-state index contributed by atoms with van der Waals surface area (Å²) in [5.41, 5.74) is 0. The van der Waals surface area contributed by atoms with Crippen LogP contribution in [-0.4, -0.2) is 48.8 Å². The number of carboxylic acid groups (broad SMARTS) is 1. The second kappa shape index (κ2) is 5.15. The lowest BCUT2D eigenvalue weighted by Crippen LogP contribution is -2.48. The number of ether oxygens (including phenoxy) is 1. The molecule has 1 aliphatic carbocycles. The molecule has 0 aromatic rings. The van der Waals surface area contributed by atoms with Crippen molar-refractivity contribution in [3.8, 4) is 0 Å². The van der Waals surface area contributed by atoms with Crippen LogP contribution in [0.2, 0.25) is 0 Å². The fourth-order valence-corrected chi connectivity index (χ4v) is 2.79. The molecule has 4 nitrogen and oxygen atoms in total. The molecule has 0 amide bonds. The molecule has 1 N–H and O–H groups in total. The molecule has 2 fully saturated rings. The molecule has 1 aliphatic heterocycles. The van der Waals surface area contributed by atoms with Gasteiger partial charge in [0.1, 0.15) is 6.04 Å². The Bertz CT molecular complexity index is 251. The number of likely N-dealkylation sites (tertiary alicyclic amines) is 1. The fraction of sp³-hybridized carbons (Fsp3) is 0.917. The molecule has 2 unspecified atom stereocenters. The molecule has 0 radical (unpaired) electrons. The predicted octanol–water partition coefficient (Wildman–Crippen LogP) is 1.21. The summed E-state index contributed by atoms with van der Waals surface area (Å²) in [4.78, 5) is 13.4. The fourth-order valence-electron chi connectivity index (χ4n) is 2.79. The standard InChI is InChI=1S/C12H21NO3/c1-16-8-9-3-2-6-13(7-9)11(12(14)15)10-4-5-10/h9-11H,2-8H2,1H3,(H,14,15). The molecule has 1 saturated heterocycles. The van der Waals surface area contributed by atoms with E-state index in [1.807, 2.05) is 0 Å². The zero-order valence-corrected chi connectivity index (χ0v) is 9.89. The predicted molar refractivity (Wildman–Crippen MR) is 60.3 cm³/mol. The highest BCUT2D eigenvalue weighted by molar-refractivity contribution is 5.74. The van der Waals surface area contributed by atoms with Gasteiger partial charge in [0.15, 0.2) is 0 Å². The number of carboxylic acids is 1. The van der Waals surface area contributed by atoms with Crippen molar-refractivity contribution >= 4 is 5.97 Å². The quantitative estimate of drug-likeness (QED) is 0.767. The second-order valence-electron chi connectivity index (χ2n) is 5.08. The summed E-state index contributed by atoms with van der Waals surface area (Å²) in [5.74, 6) is 0.277. The number of piperidine rings is 1. The summed E-state index contributed by atoms with van der Waals surface area (Å²) in [5, 5.41) is 9.28. The minimum Gasteiger partial charge on any atom is -0.480 e. The summed E-state index contributed by atoms with van der Waals surface area (Å²) in [6, 6.07) is -0.236. The highest BCUT2D eigenvalue weighted by atomic mass is 16.5. The molecule has 0 aromatic heterocycles. The van der Waals surface area contributed by atoms with Crippen molar-refractivity contribution in [2.24, 2.45) is 11.8 Å². The Kier molecular flexibility index (Phi) is 3.82. The first-order valence-electron chi connectivity index (χ1n) is 6.18. The number of nitrogens with zero attached hydrogens (tertiary/aromatic N) is 1. The molecule has 2 aliphatic rings. The summed E-state index contributed by atoms with van der Waals surface area (Å²) < 4.78 is 5.17. The monoisotopic (exact) mass is 227 g/mol. The summed E-state index contributed by atoms with van der Waals surface area (Å²) in [6.45, 7) is 2.59. The Morgan fingerprint density at radius 1 is 1.50 bits per heavy atom. The van der Waals surface area contributed by atoms with Crippen LogP contribution in [0.5, 0.6) is 0 Å². The van der Waals surface area contributed by atoms with Crippen LogP contribution in [0.15, 0.2) is 0 Å². The lowest BCUT2D eigenvalue weighted by molar-refractivity contribution is -0.145. The van der Waals surface area contributed by atoms with Crippen molar-refractivity contribution in [3.05, 3.63) is 0 Å². The highest BCUT2D eigenvalue weighted by Crippen LogP contribution is 2.37. The molecule has 4 heteroatoms. The molecule has 1 saturated carbocycles. The highest BCUT2D eigenvalue weighted by Gasteiger charge is 2.41. The van der Waals surface area contributed by atoms with Gasteiger partial charge in [0.2, 0.25) is 0 Å². The molecule has 2 rings (SSSR count). The van der Waals surface area contributed by atoms with Crippen LogP contribution in [0.1, 0.15) is 25.7 Å². The Labute approximate surface area is 96.6 Å². The van der Waals surface area contributed by atoms with E-state index in [0.29, 0.717) is 11.8 Å². The average Bonchev–Trinajstić information content (AvgIpc) is 3.03. The largest absolute Gasteiger partial charge is 0.480 e. The van der Waals surface area contributed by atoms with Crippen molar-refractivity contribution in [3.63, 3.8) is 0 Å². The molecule has 92 valence electrons. The topological polar surface area (TPSA) is 49.8 Å². The summed E-state index contributed by atoms with van der Waals surface area (Å²) in [6.07, 6.45) is 4.44. The third kappa shape index (κ3) is 2.74. The Balaban J connectivity index is 1.93. The van der Waals surface area contributed by atoms with Crippen LogP contribution in [0.25, 0.3) is 0 Å². The van der Waals surface area contributed by atoms with E-state index in [0.717, 1.165) is 39.0 Å². The van der Waals surface area contributed by atoms with Crippen LogP contribution >= 0.6 is 0 Å². The number of methoxy groups -OCH3 is 1. The van der Waals surface area contributed by atoms with Crippen LogP contribution in [0.4, 0.5) is 0 Å². The van der Waals surface area contributed by atoms with E-state index in [2.05, 4.69) is 4.90 Å². The Hall–Kier alpha value is -0.610. The first kappa shape index (κ1) is 11.9. The lowest BCUT2D eigenvalue weighted by atomic mass is 9.96. The van der Waals surface area contributed by atoms with Gasteiger partial charge in [-0.15, -0.1) is 0 Å². The molecule has 16 heavy (non-hydrogen) atoms. The summed E-state index contributed by atoms with van der Waals surface area (Å²) >= 11 is 0. The van der Waals surface area contributed by atoms with Gasteiger partial charge >= 0.3 is 5.97 Å². The number of rotatable bonds is 5. The molecule has 1 heterocycles. The van der Waals surface area contributed by atoms with Gasteiger partial charge < -0.3 is 9.84 Å². The van der Waals surface area contributed by atoms with E-state index in [9.17, 15) is 9.90 Å². The Morgan fingerprint density at radius 2 is 2.25 bits per heavy atom. The first-order chi connectivity index (χ1) is 7.72. The minimum absolute atomic E-state index is 0.236. The number of aliphatic carboxylic acids is 1. The van der Waals surface area contributed by atoms with Gasteiger partial charge in [-0.25, -0.2) is 0 Å². The van der Waals surface area contributed by atoms with Crippen LogP contribution in [0.3, 0.4) is 0 Å². The van der Waals surface area contributed by atoms with Crippen molar-refractivity contribution in [1.29, 1.82) is 0 Å². The van der Waals surface area contributed by atoms with Gasteiger partial charge in [-0.3, -0.25) is 9.69 Å². The van der Waals surface area contributed by atoms with Crippen LogP contribution < -0.4 is 0 Å². The van der Waals surface area contributed by atoms with Crippen LogP contribution in [0, 0.1) is 11.8 Å². The zero-order chi connectivity index (χ0) is 11.5. The van der Waals surface area contributed by atoms with Crippen molar-refractivity contribution in [1.82, 2.24) is 4.90 Å². The molecule has 0 aromatic carbocycles. The summed E-state index contributed by atoms with van der Waals surface area (Å²) in [7, 11) is 1.72. The third-order valence-corrected chi connectivity index (χ3v) is 3.67. The molecule has 2 atom stereocenters.